The number of amides is 1. The molecular formula is C18H22N4O2. The number of piperidine rings is 1. The fraction of sp³-hybridized carbons (Fsp3) is 0.500. The second-order valence-corrected chi connectivity index (χ2v) is 6.73. The van der Waals surface area contributed by atoms with E-state index in [1.165, 1.54) is 0 Å². The lowest BCUT2D eigenvalue weighted by Gasteiger charge is -2.30. The van der Waals surface area contributed by atoms with Gasteiger partial charge in [-0.15, -0.1) is 0 Å². The van der Waals surface area contributed by atoms with Gasteiger partial charge in [-0.3, -0.25) is 9.69 Å². The van der Waals surface area contributed by atoms with Crippen molar-refractivity contribution >= 4 is 5.91 Å². The summed E-state index contributed by atoms with van der Waals surface area (Å²) < 4.78 is 5.39. The molecule has 1 aliphatic heterocycles. The van der Waals surface area contributed by atoms with E-state index in [-0.39, 0.29) is 11.8 Å². The molecule has 2 fully saturated rings. The molecule has 0 spiro atoms. The number of likely N-dealkylation sites (tertiary alicyclic amines) is 1. The first-order chi connectivity index (χ1) is 11.8. The fourth-order valence-electron chi connectivity index (χ4n) is 3.17. The van der Waals surface area contributed by atoms with E-state index in [1.54, 1.807) is 0 Å². The maximum atomic E-state index is 12.2. The second kappa shape index (κ2) is 6.73. The number of nitrogens with zero attached hydrogens (tertiary/aromatic N) is 3. The zero-order chi connectivity index (χ0) is 16.4. The molecule has 2 aliphatic rings. The summed E-state index contributed by atoms with van der Waals surface area (Å²) in [5, 5.41) is 7.18. The first kappa shape index (κ1) is 15.3. The number of carbonyl (C=O) groups is 1. The van der Waals surface area contributed by atoms with Crippen LogP contribution < -0.4 is 5.32 Å². The average molecular weight is 326 g/mol. The predicted molar refractivity (Wildman–Crippen MR) is 88.9 cm³/mol. The quantitative estimate of drug-likeness (QED) is 0.912. The lowest BCUT2D eigenvalue weighted by atomic mass is 9.97. The molecule has 1 saturated heterocycles. The van der Waals surface area contributed by atoms with Crippen molar-refractivity contribution < 1.29 is 9.32 Å². The van der Waals surface area contributed by atoms with Gasteiger partial charge in [-0.05, 0) is 32.2 Å². The van der Waals surface area contributed by atoms with E-state index in [0.29, 0.717) is 24.3 Å². The Morgan fingerprint density at radius 1 is 1.25 bits per heavy atom. The SMILES string of the molecule is O=C(NC1CC1)C1CCCN(Cc2nc(-c3ccccc3)no2)C1. The minimum atomic E-state index is 0.0795. The summed E-state index contributed by atoms with van der Waals surface area (Å²) in [6.07, 6.45) is 4.26. The third-order valence-electron chi connectivity index (χ3n) is 4.66. The van der Waals surface area contributed by atoms with Gasteiger partial charge in [-0.25, -0.2) is 0 Å². The van der Waals surface area contributed by atoms with E-state index >= 15 is 0 Å². The Labute approximate surface area is 141 Å². The molecule has 1 N–H and O–H groups in total. The number of carbonyl (C=O) groups excluding carboxylic acids is 1. The van der Waals surface area contributed by atoms with Crippen LogP contribution in [0.2, 0.25) is 0 Å². The monoisotopic (exact) mass is 326 g/mol. The van der Waals surface area contributed by atoms with E-state index in [2.05, 4.69) is 20.4 Å². The van der Waals surface area contributed by atoms with Crippen LogP contribution in [0.15, 0.2) is 34.9 Å². The van der Waals surface area contributed by atoms with Crippen LogP contribution in [0.1, 0.15) is 31.6 Å². The average Bonchev–Trinajstić information content (AvgIpc) is 3.31. The highest BCUT2D eigenvalue weighted by Gasteiger charge is 2.30. The van der Waals surface area contributed by atoms with Crippen molar-refractivity contribution in [1.82, 2.24) is 20.4 Å². The molecule has 6 heteroatoms. The molecule has 2 aromatic rings. The molecule has 0 bridgehead atoms. The molecule has 1 saturated carbocycles. The molecule has 1 amide bonds. The zero-order valence-electron chi connectivity index (χ0n) is 13.6. The van der Waals surface area contributed by atoms with Crippen LogP contribution in [0.3, 0.4) is 0 Å². The van der Waals surface area contributed by atoms with Gasteiger partial charge >= 0.3 is 0 Å². The Morgan fingerprint density at radius 3 is 2.88 bits per heavy atom. The highest BCUT2D eigenvalue weighted by molar-refractivity contribution is 5.79. The van der Waals surface area contributed by atoms with Crippen LogP contribution in [0, 0.1) is 5.92 Å². The van der Waals surface area contributed by atoms with Gasteiger partial charge in [0.15, 0.2) is 0 Å². The molecule has 126 valence electrons. The molecule has 4 rings (SSSR count). The van der Waals surface area contributed by atoms with E-state index in [1.807, 2.05) is 30.3 Å². The lowest BCUT2D eigenvalue weighted by Crippen LogP contribution is -2.43. The lowest BCUT2D eigenvalue weighted by molar-refractivity contribution is -0.127. The predicted octanol–water partition coefficient (Wildman–Crippen LogP) is 2.23. The summed E-state index contributed by atoms with van der Waals surface area (Å²) in [5.74, 6) is 1.51. The van der Waals surface area contributed by atoms with Crippen molar-refractivity contribution in [2.75, 3.05) is 13.1 Å². The molecule has 6 nitrogen and oxygen atoms in total. The summed E-state index contributed by atoms with van der Waals surface area (Å²) in [7, 11) is 0. The van der Waals surface area contributed by atoms with Gasteiger partial charge in [0, 0.05) is 18.2 Å². The third-order valence-corrected chi connectivity index (χ3v) is 4.66. The summed E-state index contributed by atoms with van der Waals surface area (Å²) in [6, 6.07) is 10.2. The number of benzene rings is 1. The molecule has 2 heterocycles. The Hall–Kier alpha value is -2.21. The van der Waals surface area contributed by atoms with Gasteiger partial charge in [0.05, 0.1) is 12.5 Å². The maximum absolute atomic E-state index is 12.2. The van der Waals surface area contributed by atoms with Crippen LogP contribution in [0.25, 0.3) is 11.4 Å². The largest absolute Gasteiger partial charge is 0.353 e. The van der Waals surface area contributed by atoms with E-state index in [0.717, 1.165) is 44.3 Å². The highest BCUT2D eigenvalue weighted by atomic mass is 16.5. The van der Waals surface area contributed by atoms with Gasteiger partial charge in [-0.1, -0.05) is 35.5 Å². The molecule has 1 aliphatic carbocycles. The normalized spacial score (nSPS) is 21.6. The van der Waals surface area contributed by atoms with Crippen LogP contribution in [0.5, 0.6) is 0 Å². The second-order valence-electron chi connectivity index (χ2n) is 6.73. The number of rotatable bonds is 5. The Bertz CT molecular complexity index is 696. The molecule has 1 aromatic heterocycles. The van der Waals surface area contributed by atoms with Gasteiger partial charge in [0.25, 0.3) is 0 Å². The van der Waals surface area contributed by atoms with Gasteiger partial charge in [0.2, 0.25) is 17.6 Å². The number of nitrogens with one attached hydrogen (secondary N) is 1. The number of hydrogen-bond donors (Lipinski definition) is 1. The summed E-state index contributed by atoms with van der Waals surface area (Å²) in [4.78, 5) is 19.0. The van der Waals surface area contributed by atoms with Crippen molar-refractivity contribution in [3.05, 3.63) is 36.2 Å². The van der Waals surface area contributed by atoms with Crippen LogP contribution >= 0.6 is 0 Å². The topological polar surface area (TPSA) is 71.3 Å². The van der Waals surface area contributed by atoms with Crippen LogP contribution in [-0.4, -0.2) is 40.1 Å². The minimum absolute atomic E-state index is 0.0795. The van der Waals surface area contributed by atoms with Gasteiger partial charge in [0.1, 0.15) is 0 Å². The van der Waals surface area contributed by atoms with Crippen molar-refractivity contribution in [1.29, 1.82) is 0 Å². The molecule has 1 unspecified atom stereocenters. The molecular weight excluding hydrogens is 304 g/mol. The van der Waals surface area contributed by atoms with Crippen molar-refractivity contribution in [2.45, 2.75) is 38.3 Å². The van der Waals surface area contributed by atoms with Crippen LogP contribution in [0.4, 0.5) is 0 Å². The van der Waals surface area contributed by atoms with Gasteiger partial charge < -0.3 is 9.84 Å². The fourth-order valence-corrected chi connectivity index (χ4v) is 3.17. The molecule has 1 aromatic carbocycles. The number of aromatic nitrogens is 2. The maximum Gasteiger partial charge on any atom is 0.241 e. The first-order valence-electron chi connectivity index (χ1n) is 8.68. The van der Waals surface area contributed by atoms with Crippen molar-refractivity contribution in [3.8, 4) is 11.4 Å². The Kier molecular flexibility index (Phi) is 4.30. The standard InChI is InChI=1S/C18H22N4O2/c23-18(19-15-8-9-15)14-7-4-10-22(11-14)12-16-20-17(21-24-16)13-5-2-1-3-6-13/h1-3,5-6,14-15H,4,7-12H2,(H,19,23). The smallest absolute Gasteiger partial charge is 0.241 e. The minimum Gasteiger partial charge on any atom is -0.353 e. The summed E-state index contributed by atoms with van der Waals surface area (Å²) in [5.41, 5.74) is 0.952. The zero-order valence-corrected chi connectivity index (χ0v) is 13.6. The summed E-state index contributed by atoms with van der Waals surface area (Å²) in [6.45, 7) is 2.34. The molecule has 24 heavy (non-hydrogen) atoms. The molecule has 1 atom stereocenters. The molecule has 0 radical (unpaired) electrons. The van der Waals surface area contributed by atoms with E-state index in [9.17, 15) is 4.79 Å². The highest BCUT2D eigenvalue weighted by Crippen LogP contribution is 2.23. The Balaban J connectivity index is 1.36. The van der Waals surface area contributed by atoms with Crippen molar-refractivity contribution in [3.63, 3.8) is 0 Å². The third kappa shape index (κ3) is 3.64. The van der Waals surface area contributed by atoms with E-state index in [4.69, 9.17) is 4.52 Å². The van der Waals surface area contributed by atoms with Crippen molar-refractivity contribution in [2.24, 2.45) is 5.92 Å². The number of hydrogen-bond acceptors (Lipinski definition) is 5. The van der Waals surface area contributed by atoms with Crippen LogP contribution in [-0.2, 0) is 11.3 Å². The van der Waals surface area contributed by atoms with E-state index < -0.39 is 0 Å². The summed E-state index contributed by atoms with van der Waals surface area (Å²) >= 11 is 0. The Morgan fingerprint density at radius 2 is 2.08 bits per heavy atom. The first-order valence-corrected chi connectivity index (χ1v) is 8.68. The van der Waals surface area contributed by atoms with Gasteiger partial charge in [-0.2, -0.15) is 4.98 Å².